The van der Waals surface area contributed by atoms with Gasteiger partial charge in [-0.05, 0) is 131 Å². The molecule has 0 saturated heterocycles. The number of fused-ring (bicyclic) bond motifs is 5. The van der Waals surface area contributed by atoms with Crippen LogP contribution in [0, 0.1) is 51.2 Å². The monoisotopic (exact) mass is 403 g/mol. The van der Waals surface area contributed by atoms with E-state index in [-0.39, 0.29) is 6.10 Å². The van der Waals surface area contributed by atoms with Crippen LogP contribution in [0.1, 0.15) is 105 Å². The minimum absolute atomic E-state index is 0.0414. The fourth-order valence-electron chi connectivity index (χ4n) is 9.04. The average Bonchev–Trinajstić information content (AvgIpc) is 3.04. The maximum atomic E-state index is 11.1. The van der Waals surface area contributed by atoms with Crippen LogP contribution in [0.4, 0.5) is 0 Å². The number of hydrogen-bond acceptors (Lipinski definition) is 3. The third-order valence-corrected chi connectivity index (χ3v) is 10.9. The Kier molecular flexibility index (Phi) is 5.71. The summed E-state index contributed by atoms with van der Waals surface area (Å²) < 4.78 is 0. The Morgan fingerprint density at radius 1 is 1.00 bits per heavy atom. The van der Waals surface area contributed by atoms with Gasteiger partial charge < -0.3 is 5.11 Å². The van der Waals surface area contributed by atoms with Crippen LogP contribution in [0.25, 0.3) is 0 Å². The highest BCUT2D eigenvalue weighted by atomic mass is 16.3. The number of hydrogen-bond donors (Lipinski definition) is 1. The van der Waals surface area contributed by atoms with Crippen LogP contribution in [0.5, 0.6) is 0 Å². The molecule has 0 heterocycles. The lowest BCUT2D eigenvalue weighted by Gasteiger charge is -2.61. The van der Waals surface area contributed by atoms with Gasteiger partial charge in [-0.2, -0.15) is 4.91 Å². The van der Waals surface area contributed by atoms with Gasteiger partial charge in [-0.1, -0.05) is 25.9 Å². The van der Waals surface area contributed by atoms with Gasteiger partial charge in [-0.15, -0.1) is 0 Å². The van der Waals surface area contributed by atoms with E-state index in [1.807, 2.05) is 13.8 Å². The molecular weight excluding hydrogens is 358 g/mol. The summed E-state index contributed by atoms with van der Waals surface area (Å²) in [5.74, 6) is 4.96. The number of nitrogens with zero attached hydrogens (tertiary/aromatic N) is 1. The molecule has 9 atom stereocenters. The van der Waals surface area contributed by atoms with Crippen molar-refractivity contribution in [1.29, 1.82) is 0 Å². The maximum Gasteiger partial charge on any atom is 0.0970 e. The Morgan fingerprint density at radius 3 is 2.41 bits per heavy atom. The highest BCUT2D eigenvalue weighted by Gasteiger charge is 2.60. The van der Waals surface area contributed by atoms with E-state index < -0.39 is 5.54 Å². The first-order valence-corrected chi connectivity index (χ1v) is 12.6. The number of aliphatic hydroxyl groups is 1. The Hall–Kier alpha value is -0.440. The van der Waals surface area contributed by atoms with Gasteiger partial charge in [0.25, 0.3) is 0 Å². The summed E-state index contributed by atoms with van der Waals surface area (Å²) >= 11 is 0. The molecule has 1 N–H and O–H groups in total. The van der Waals surface area contributed by atoms with Gasteiger partial charge in [0.05, 0.1) is 11.6 Å². The second-order valence-electron chi connectivity index (χ2n) is 12.7. The van der Waals surface area contributed by atoms with E-state index in [0.717, 1.165) is 55.3 Å². The molecule has 0 spiro atoms. The second kappa shape index (κ2) is 7.61. The molecule has 4 saturated carbocycles. The molecule has 166 valence electrons. The fourth-order valence-corrected chi connectivity index (χ4v) is 9.04. The molecule has 4 fully saturated rings. The van der Waals surface area contributed by atoms with Crippen LogP contribution in [-0.2, 0) is 0 Å². The quantitative estimate of drug-likeness (QED) is 0.504. The minimum atomic E-state index is -0.413. The third-order valence-electron chi connectivity index (χ3n) is 10.9. The SMILES string of the molecule is C[C@H](CCC(C)(C)N=O)C1CCC2C3CCC4CC(O)CCC4(C)C3CCC21C. The van der Waals surface area contributed by atoms with Crippen molar-refractivity contribution in [3.63, 3.8) is 0 Å². The maximum absolute atomic E-state index is 11.1. The van der Waals surface area contributed by atoms with Crippen molar-refractivity contribution in [3.8, 4) is 0 Å². The van der Waals surface area contributed by atoms with Crippen LogP contribution in [0.3, 0.4) is 0 Å². The lowest BCUT2D eigenvalue weighted by Crippen LogP contribution is -2.54. The summed E-state index contributed by atoms with van der Waals surface area (Å²) in [6.07, 6.45) is 13.7. The predicted octanol–water partition coefficient (Wildman–Crippen LogP) is 6.97. The summed E-state index contributed by atoms with van der Waals surface area (Å²) in [7, 11) is 0. The largest absolute Gasteiger partial charge is 0.393 e. The molecule has 0 aromatic heterocycles. The molecule has 4 aliphatic rings. The van der Waals surface area contributed by atoms with E-state index >= 15 is 0 Å². The zero-order chi connectivity index (χ0) is 21.0. The summed E-state index contributed by atoms with van der Waals surface area (Å²) in [6.45, 7) is 11.6. The fraction of sp³-hybridized carbons (Fsp3) is 1.00. The van der Waals surface area contributed by atoms with E-state index in [9.17, 15) is 10.0 Å². The van der Waals surface area contributed by atoms with Crippen molar-refractivity contribution in [3.05, 3.63) is 4.91 Å². The minimum Gasteiger partial charge on any atom is -0.393 e. The van der Waals surface area contributed by atoms with Crippen molar-refractivity contribution in [2.45, 2.75) is 117 Å². The molecule has 4 rings (SSSR count). The van der Waals surface area contributed by atoms with Gasteiger partial charge in [-0.25, -0.2) is 0 Å². The average molecular weight is 404 g/mol. The summed E-state index contributed by atoms with van der Waals surface area (Å²) in [5, 5.41) is 13.6. The van der Waals surface area contributed by atoms with Crippen LogP contribution in [-0.4, -0.2) is 16.7 Å². The van der Waals surface area contributed by atoms with Crippen LogP contribution >= 0.6 is 0 Å². The van der Waals surface area contributed by atoms with Gasteiger partial charge >= 0.3 is 0 Å². The van der Waals surface area contributed by atoms with Crippen molar-refractivity contribution in [1.82, 2.24) is 0 Å². The van der Waals surface area contributed by atoms with E-state index in [1.165, 1.54) is 44.9 Å². The zero-order valence-corrected chi connectivity index (χ0v) is 19.6. The molecule has 0 aliphatic heterocycles. The van der Waals surface area contributed by atoms with Gasteiger partial charge in [0, 0.05) is 0 Å². The molecule has 0 amide bonds. The Balaban J connectivity index is 1.48. The van der Waals surface area contributed by atoms with E-state index in [4.69, 9.17) is 0 Å². The molecule has 0 radical (unpaired) electrons. The molecule has 3 nitrogen and oxygen atoms in total. The standard InChI is InChI=1S/C26H45NO2/c1-17(10-13-24(2,3)27-29)21-8-9-22-20-7-6-18-16-19(28)11-14-25(18,4)23(20)12-15-26(21,22)5/h17-23,28H,6-16H2,1-5H3/t17-,18?,19?,20?,21?,22?,23?,25?,26?/m1/s1. The van der Waals surface area contributed by atoms with Crippen molar-refractivity contribution in [2.24, 2.45) is 51.5 Å². The highest BCUT2D eigenvalue weighted by molar-refractivity contribution is 5.09. The van der Waals surface area contributed by atoms with Crippen molar-refractivity contribution < 1.29 is 5.11 Å². The van der Waals surface area contributed by atoms with Gasteiger partial charge in [-0.3, -0.25) is 0 Å². The number of rotatable bonds is 5. The van der Waals surface area contributed by atoms with Crippen LogP contribution < -0.4 is 0 Å². The molecule has 0 bridgehead atoms. The summed E-state index contributed by atoms with van der Waals surface area (Å²) in [4.78, 5) is 11.1. The zero-order valence-electron chi connectivity index (χ0n) is 19.6. The number of nitroso groups, excluding NO2 is 1. The van der Waals surface area contributed by atoms with Crippen molar-refractivity contribution in [2.75, 3.05) is 0 Å². The van der Waals surface area contributed by atoms with Crippen LogP contribution in [0.2, 0.25) is 0 Å². The lowest BCUT2D eigenvalue weighted by atomic mass is 9.44. The van der Waals surface area contributed by atoms with Gasteiger partial charge in [0.15, 0.2) is 0 Å². The number of aliphatic hydroxyl groups excluding tert-OH is 1. The smallest absolute Gasteiger partial charge is 0.0970 e. The first-order chi connectivity index (χ1) is 13.6. The Morgan fingerprint density at radius 2 is 1.69 bits per heavy atom. The van der Waals surface area contributed by atoms with Gasteiger partial charge in [0.2, 0.25) is 0 Å². The topological polar surface area (TPSA) is 49.7 Å². The lowest BCUT2D eigenvalue weighted by molar-refractivity contribution is -0.129. The molecule has 29 heavy (non-hydrogen) atoms. The molecule has 8 unspecified atom stereocenters. The molecular formula is C26H45NO2. The second-order valence-corrected chi connectivity index (χ2v) is 12.7. The molecule has 3 heteroatoms. The van der Waals surface area contributed by atoms with E-state index in [1.54, 1.807) is 0 Å². The molecule has 0 aromatic carbocycles. The highest BCUT2D eigenvalue weighted by Crippen LogP contribution is 2.68. The van der Waals surface area contributed by atoms with E-state index in [2.05, 4.69) is 25.9 Å². The van der Waals surface area contributed by atoms with Crippen molar-refractivity contribution >= 4 is 0 Å². The third kappa shape index (κ3) is 3.62. The predicted molar refractivity (Wildman–Crippen MR) is 119 cm³/mol. The molecule has 0 aromatic rings. The normalized spacial score (nSPS) is 48.3. The van der Waals surface area contributed by atoms with E-state index in [0.29, 0.717) is 16.7 Å². The Labute approximate surface area is 178 Å². The summed E-state index contributed by atoms with van der Waals surface area (Å²) in [5.41, 5.74) is 0.562. The first-order valence-electron chi connectivity index (χ1n) is 12.6. The summed E-state index contributed by atoms with van der Waals surface area (Å²) in [6, 6.07) is 0. The van der Waals surface area contributed by atoms with Crippen LogP contribution in [0.15, 0.2) is 5.18 Å². The first kappa shape index (κ1) is 21.8. The Bertz CT molecular complexity index is 618. The van der Waals surface area contributed by atoms with Gasteiger partial charge in [0.1, 0.15) is 0 Å². The molecule has 4 aliphatic carbocycles.